The van der Waals surface area contributed by atoms with E-state index in [0.717, 1.165) is 46.9 Å². The molecule has 0 aliphatic heterocycles. The summed E-state index contributed by atoms with van der Waals surface area (Å²) in [7, 11) is 4.01. The molecule has 0 saturated heterocycles. The summed E-state index contributed by atoms with van der Waals surface area (Å²) in [5.41, 5.74) is 1.63. The fraction of sp³-hybridized carbons (Fsp3) is 0.375. The summed E-state index contributed by atoms with van der Waals surface area (Å²) in [4.78, 5) is 23.9. The number of para-hydroxylation sites is 1. The standard InChI is InChI=1S/C24H28BrN5O/c1-30(2)22-19-8-4-6-10-21(19)28-24(29-22)27-17-13-11-16(12-14-17)15-26-23(31)18-7-3-5-9-20(18)25/h3-10,16-17H,11-15H2,1-2H3,(H,26,31)(H,27,28,29)/t16-,17+. The van der Waals surface area contributed by atoms with Crippen molar-refractivity contribution in [2.24, 2.45) is 5.92 Å². The summed E-state index contributed by atoms with van der Waals surface area (Å²) in [6, 6.07) is 16.0. The van der Waals surface area contributed by atoms with Gasteiger partial charge >= 0.3 is 0 Å². The van der Waals surface area contributed by atoms with E-state index in [-0.39, 0.29) is 5.91 Å². The molecule has 0 atom stereocenters. The lowest BCUT2D eigenvalue weighted by molar-refractivity contribution is 0.0942. The minimum atomic E-state index is -0.0199. The summed E-state index contributed by atoms with van der Waals surface area (Å²) >= 11 is 3.45. The average molecular weight is 482 g/mol. The van der Waals surface area contributed by atoms with Crippen molar-refractivity contribution >= 4 is 44.5 Å². The van der Waals surface area contributed by atoms with Gasteiger partial charge in [-0.25, -0.2) is 4.98 Å². The van der Waals surface area contributed by atoms with Crippen LogP contribution in [0.3, 0.4) is 0 Å². The normalized spacial score (nSPS) is 18.5. The van der Waals surface area contributed by atoms with Gasteiger partial charge in [0.25, 0.3) is 5.91 Å². The molecular formula is C24H28BrN5O. The first kappa shape index (κ1) is 21.6. The molecule has 1 aliphatic rings. The Balaban J connectivity index is 1.32. The Kier molecular flexibility index (Phi) is 6.70. The maximum atomic E-state index is 12.4. The van der Waals surface area contributed by atoms with Gasteiger partial charge in [-0.3, -0.25) is 4.79 Å². The van der Waals surface area contributed by atoms with Gasteiger partial charge in [-0.1, -0.05) is 24.3 Å². The maximum Gasteiger partial charge on any atom is 0.252 e. The molecular weight excluding hydrogens is 454 g/mol. The predicted molar refractivity (Wildman–Crippen MR) is 130 cm³/mol. The summed E-state index contributed by atoms with van der Waals surface area (Å²) in [6.07, 6.45) is 4.23. The lowest BCUT2D eigenvalue weighted by atomic mass is 9.86. The Hall–Kier alpha value is -2.67. The number of hydrogen-bond acceptors (Lipinski definition) is 5. The van der Waals surface area contributed by atoms with Crippen LogP contribution in [0.15, 0.2) is 53.0 Å². The lowest BCUT2D eigenvalue weighted by Crippen LogP contribution is -2.34. The highest BCUT2D eigenvalue weighted by atomic mass is 79.9. The minimum absolute atomic E-state index is 0.0199. The number of anilines is 2. The monoisotopic (exact) mass is 481 g/mol. The fourth-order valence-corrected chi connectivity index (χ4v) is 4.60. The van der Waals surface area contributed by atoms with E-state index in [4.69, 9.17) is 9.97 Å². The van der Waals surface area contributed by atoms with Crippen molar-refractivity contribution in [1.29, 1.82) is 0 Å². The molecule has 0 bridgehead atoms. The topological polar surface area (TPSA) is 70.2 Å². The highest BCUT2D eigenvalue weighted by molar-refractivity contribution is 9.10. The molecule has 0 spiro atoms. The number of nitrogens with zero attached hydrogens (tertiary/aromatic N) is 3. The molecule has 162 valence electrons. The first-order valence-corrected chi connectivity index (χ1v) is 11.5. The zero-order valence-electron chi connectivity index (χ0n) is 17.9. The number of amides is 1. The van der Waals surface area contributed by atoms with Crippen LogP contribution >= 0.6 is 15.9 Å². The van der Waals surface area contributed by atoms with E-state index in [1.807, 2.05) is 61.5 Å². The van der Waals surface area contributed by atoms with Crippen LogP contribution < -0.4 is 15.5 Å². The third-order valence-electron chi connectivity index (χ3n) is 5.86. The predicted octanol–water partition coefficient (Wildman–Crippen LogP) is 4.86. The molecule has 7 heteroatoms. The van der Waals surface area contributed by atoms with Crippen molar-refractivity contribution in [3.63, 3.8) is 0 Å². The molecule has 1 amide bonds. The van der Waals surface area contributed by atoms with Crippen molar-refractivity contribution < 1.29 is 4.79 Å². The van der Waals surface area contributed by atoms with Gasteiger partial charge in [0.05, 0.1) is 11.1 Å². The second kappa shape index (κ2) is 9.64. The number of fused-ring (bicyclic) bond motifs is 1. The van der Waals surface area contributed by atoms with E-state index in [1.54, 1.807) is 0 Å². The molecule has 3 aromatic rings. The largest absolute Gasteiger partial charge is 0.362 e. The van der Waals surface area contributed by atoms with E-state index in [9.17, 15) is 4.79 Å². The van der Waals surface area contributed by atoms with Crippen LogP contribution in [0.1, 0.15) is 36.0 Å². The number of rotatable bonds is 6. The van der Waals surface area contributed by atoms with Crippen LogP contribution in [0.5, 0.6) is 0 Å². The molecule has 2 N–H and O–H groups in total. The first-order chi connectivity index (χ1) is 15.0. The highest BCUT2D eigenvalue weighted by Gasteiger charge is 2.23. The number of nitrogens with one attached hydrogen (secondary N) is 2. The quantitative estimate of drug-likeness (QED) is 0.525. The second-order valence-corrected chi connectivity index (χ2v) is 9.19. The van der Waals surface area contributed by atoms with Gasteiger partial charge in [-0.15, -0.1) is 0 Å². The van der Waals surface area contributed by atoms with Crippen LogP contribution in [0.4, 0.5) is 11.8 Å². The van der Waals surface area contributed by atoms with E-state index < -0.39 is 0 Å². The zero-order valence-corrected chi connectivity index (χ0v) is 19.5. The SMILES string of the molecule is CN(C)c1nc(N[C@H]2CC[C@@H](CNC(=O)c3ccccc3Br)CC2)nc2ccccc12. The number of aromatic nitrogens is 2. The van der Waals surface area contributed by atoms with E-state index in [1.165, 1.54) is 0 Å². The second-order valence-electron chi connectivity index (χ2n) is 8.33. The Morgan fingerprint density at radius 1 is 1.03 bits per heavy atom. The molecule has 0 radical (unpaired) electrons. The number of carbonyl (C=O) groups is 1. The minimum Gasteiger partial charge on any atom is -0.362 e. The summed E-state index contributed by atoms with van der Waals surface area (Å²) < 4.78 is 0.827. The van der Waals surface area contributed by atoms with Gasteiger partial charge < -0.3 is 15.5 Å². The molecule has 1 heterocycles. The molecule has 0 unspecified atom stereocenters. The highest BCUT2D eigenvalue weighted by Crippen LogP contribution is 2.28. The molecule has 1 fully saturated rings. The maximum absolute atomic E-state index is 12.4. The number of benzene rings is 2. The number of hydrogen-bond donors (Lipinski definition) is 2. The van der Waals surface area contributed by atoms with Crippen molar-refractivity contribution in [2.45, 2.75) is 31.7 Å². The van der Waals surface area contributed by atoms with Crippen LogP contribution in [0.25, 0.3) is 10.9 Å². The Morgan fingerprint density at radius 3 is 2.48 bits per heavy atom. The third-order valence-corrected chi connectivity index (χ3v) is 6.55. The van der Waals surface area contributed by atoms with Crippen LogP contribution in [-0.4, -0.2) is 42.6 Å². The number of carbonyl (C=O) groups excluding carboxylic acids is 1. The van der Waals surface area contributed by atoms with Crippen LogP contribution in [0, 0.1) is 5.92 Å². The van der Waals surface area contributed by atoms with Crippen molar-refractivity contribution in [3.05, 3.63) is 58.6 Å². The number of halogens is 1. The molecule has 6 nitrogen and oxygen atoms in total. The lowest BCUT2D eigenvalue weighted by Gasteiger charge is -2.29. The Bertz CT molecular complexity index is 1060. The smallest absolute Gasteiger partial charge is 0.252 e. The van der Waals surface area contributed by atoms with Gasteiger partial charge in [-0.05, 0) is 71.8 Å². The van der Waals surface area contributed by atoms with E-state index in [2.05, 4.69) is 32.6 Å². The molecule has 2 aromatic carbocycles. The van der Waals surface area contributed by atoms with Gasteiger partial charge in [0.1, 0.15) is 5.82 Å². The Labute approximate surface area is 191 Å². The average Bonchev–Trinajstić information content (AvgIpc) is 2.78. The fourth-order valence-electron chi connectivity index (χ4n) is 4.14. The zero-order chi connectivity index (χ0) is 21.8. The molecule has 4 rings (SSSR count). The first-order valence-electron chi connectivity index (χ1n) is 10.7. The van der Waals surface area contributed by atoms with Gasteiger partial charge in [0.15, 0.2) is 0 Å². The van der Waals surface area contributed by atoms with Crippen LogP contribution in [0.2, 0.25) is 0 Å². The van der Waals surface area contributed by atoms with E-state index >= 15 is 0 Å². The molecule has 1 aliphatic carbocycles. The van der Waals surface area contributed by atoms with Crippen molar-refractivity contribution in [3.8, 4) is 0 Å². The third kappa shape index (κ3) is 5.15. The summed E-state index contributed by atoms with van der Waals surface area (Å²) in [5.74, 6) is 2.09. The van der Waals surface area contributed by atoms with E-state index in [0.29, 0.717) is 30.0 Å². The van der Waals surface area contributed by atoms with Crippen molar-refractivity contribution in [1.82, 2.24) is 15.3 Å². The molecule has 1 saturated carbocycles. The van der Waals surface area contributed by atoms with Crippen molar-refractivity contribution in [2.75, 3.05) is 30.9 Å². The molecule has 31 heavy (non-hydrogen) atoms. The van der Waals surface area contributed by atoms with Crippen LogP contribution in [-0.2, 0) is 0 Å². The summed E-state index contributed by atoms with van der Waals surface area (Å²) in [6.45, 7) is 0.712. The van der Waals surface area contributed by atoms with Gasteiger partial charge in [0, 0.05) is 36.5 Å². The van der Waals surface area contributed by atoms with Gasteiger partial charge in [0.2, 0.25) is 5.95 Å². The Morgan fingerprint density at radius 2 is 1.74 bits per heavy atom. The summed E-state index contributed by atoms with van der Waals surface area (Å²) in [5, 5.41) is 7.70. The van der Waals surface area contributed by atoms with Gasteiger partial charge in [-0.2, -0.15) is 4.98 Å². The molecule has 1 aromatic heterocycles.